The molecule has 3 aromatic rings. The van der Waals surface area contributed by atoms with Crippen molar-refractivity contribution in [2.45, 2.75) is 19.3 Å². The van der Waals surface area contributed by atoms with Crippen LogP contribution in [0.4, 0.5) is 5.69 Å². The Kier molecular flexibility index (Phi) is 5.94. The first-order valence-corrected chi connectivity index (χ1v) is 8.76. The number of benzene rings is 3. The van der Waals surface area contributed by atoms with Crippen LogP contribution in [0.2, 0.25) is 0 Å². The van der Waals surface area contributed by atoms with Crippen LogP contribution in [0.1, 0.15) is 29.6 Å². The molecule has 1 amide bonds. The van der Waals surface area contributed by atoms with Crippen molar-refractivity contribution in [3.63, 3.8) is 0 Å². The van der Waals surface area contributed by atoms with E-state index in [0.29, 0.717) is 24.8 Å². The maximum absolute atomic E-state index is 12.3. The highest BCUT2D eigenvalue weighted by molar-refractivity contribution is 5.97. The van der Waals surface area contributed by atoms with Crippen molar-refractivity contribution in [2.24, 2.45) is 0 Å². The second kappa shape index (κ2) is 8.77. The number of para-hydroxylation sites is 1. The van der Waals surface area contributed by atoms with E-state index in [9.17, 15) is 9.59 Å². The van der Waals surface area contributed by atoms with Crippen LogP contribution >= 0.6 is 0 Å². The summed E-state index contributed by atoms with van der Waals surface area (Å²) < 4.78 is 0. The summed E-state index contributed by atoms with van der Waals surface area (Å²) in [5.41, 5.74) is 3.53. The number of carbonyl (C=O) groups excluding carboxylic acids is 2. The Morgan fingerprint density at radius 1 is 0.692 bits per heavy atom. The molecule has 3 nitrogen and oxygen atoms in total. The van der Waals surface area contributed by atoms with Gasteiger partial charge in [0.05, 0.1) is 0 Å². The molecule has 0 aliphatic rings. The first kappa shape index (κ1) is 17.6. The first-order chi connectivity index (χ1) is 12.7. The molecule has 0 spiro atoms. The fraction of sp³-hybridized carbons (Fsp3) is 0.130. The number of hydrogen-bond acceptors (Lipinski definition) is 2. The van der Waals surface area contributed by atoms with E-state index >= 15 is 0 Å². The molecule has 130 valence electrons. The van der Waals surface area contributed by atoms with E-state index < -0.39 is 0 Å². The van der Waals surface area contributed by atoms with Gasteiger partial charge in [-0.25, -0.2) is 0 Å². The number of nitrogens with one attached hydrogen (secondary N) is 1. The van der Waals surface area contributed by atoms with Gasteiger partial charge in [-0.15, -0.1) is 0 Å². The maximum Gasteiger partial charge on any atom is 0.224 e. The molecule has 0 aliphatic heterocycles. The smallest absolute Gasteiger partial charge is 0.224 e. The monoisotopic (exact) mass is 343 g/mol. The number of amides is 1. The summed E-state index contributed by atoms with van der Waals surface area (Å²) >= 11 is 0. The van der Waals surface area contributed by atoms with Crippen molar-refractivity contribution in [2.75, 3.05) is 5.32 Å². The molecule has 3 heteroatoms. The molecule has 3 rings (SSSR count). The third kappa shape index (κ3) is 4.67. The number of rotatable bonds is 7. The molecule has 0 aliphatic carbocycles. The highest BCUT2D eigenvalue weighted by Gasteiger charge is 2.10. The van der Waals surface area contributed by atoms with Gasteiger partial charge in [0.2, 0.25) is 5.91 Å². The lowest BCUT2D eigenvalue weighted by Crippen LogP contribution is -2.12. The van der Waals surface area contributed by atoms with Crippen molar-refractivity contribution in [3.05, 3.63) is 90.5 Å². The van der Waals surface area contributed by atoms with E-state index in [2.05, 4.69) is 5.32 Å². The standard InChI is InChI=1S/C23H21NO2/c25-22(19-12-5-2-6-13-19)16-9-17-23(26)24-21-15-8-7-14-20(21)18-10-3-1-4-11-18/h1-8,10-15H,9,16-17H2,(H,24,26). The van der Waals surface area contributed by atoms with Gasteiger partial charge in [-0.1, -0.05) is 78.9 Å². The Morgan fingerprint density at radius 3 is 2.04 bits per heavy atom. The van der Waals surface area contributed by atoms with E-state index in [-0.39, 0.29) is 11.7 Å². The maximum atomic E-state index is 12.3. The zero-order valence-electron chi connectivity index (χ0n) is 14.5. The number of Topliss-reactive ketones (excluding diaryl/α,β-unsaturated/α-hetero) is 1. The third-order valence-corrected chi connectivity index (χ3v) is 4.19. The average molecular weight is 343 g/mol. The molecule has 0 aromatic heterocycles. The SMILES string of the molecule is O=C(CCCC(=O)c1ccccc1)Nc1ccccc1-c1ccccc1. The minimum Gasteiger partial charge on any atom is -0.326 e. The van der Waals surface area contributed by atoms with E-state index in [1.54, 1.807) is 12.1 Å². The summed E-state index contributed by atoms with van der Waals surface area (Å²) in [6.45, 7) is 0. The Morgan fingerprint density at radius 2 is 1.31 bits per heavy atom. The third-order valence-electron chi connectivity index (χ3n) is 4.19. The molecule has 0 heterocycles. The van der Waals surface area contributed by atoms with Crippen LogP contribution in [-0.4, -0.2) is 11.7 Å². The van der Waals surface area contributed by atoms with E-state index in [4.69, 9.17) is 0 Å². The molecule has 0 bridgehead atoms. The highest BCUT2D eigenvalue weighted by atomic mass is 16.1. The Balaban J connectivity index is 1.57. The molecule has 0 saturated carbocycles. The fourth-order valence-electron chi connectivity index (χ4n) is 2.85. The fourth-order valence-corrected chi connectivity index (χ4v) is 2.85. The molecule has 26 heavy (non-hydrogen) atoms. The molecule has 3 aromatic carbocycles. The second-order valence-corrected chi connectivity index (χ2v) is 6.10. The van der Waals surface area contributed by atoms with Crippen LogP contribution < -0.4 is 5.32 Å². The number of ketones is 1. The summed E-state index contributed by atoms with van der Waals surface area (Å²) in [6.07, 6.45) is 1.23. The lowest BCUT2D eigenvalue weighted by atomic mass is 10.0. The normalized spacial score (nSPS) is 10.3. The van der Waals surface area contributed by atoms with E-state index in [1.807, 2.05) is 72.8 Å². The Labute approximate surface area is 153 Å². The molecular formula is C23H21NO2. The van der Waals surface area contributed by atoms with Crippen molar-refractivity contribution in [1.29, 1.82) is 0 Å². The Bertz CT molecular complexity index is 873. The van der Waals surface area contributed by atoms with Gasteiger partial charge >= 0.3 is 0 Å². The number of anilines is 1. The van der Waals surface area contributed by atoms with Gasteiger partial charge < -0.3 is 5.32 Å². The number of carbonyl (C=O) groups is 2. The molecule has 0 saturated heterocycles. The predicted octanol–water partition coefficient (Wildman–Crippen LogP) is 5.35. The van der Waals surface area contributed by atoms with Crippen LogP contribution in [-0.2, 0) is 4.79 Å². The molecule has 0 unspecified atom stereocenters. The summed E-state index contributed by atoms with van der Waals surface area (Å²) in [6, 6.07) is 26.9. The Hall–Kier alpha value is -3.20. The molecule has 0 atom stereocenters. The molecule has 0 fully saturated rings. The van der Waals surface area contributed by atoms with Crippen molar-refractivity contribution in [1.82, 2.24) is 0 Å². The quantitative estimate of drug-likeness (QED) is 0.588. The van der Waals surface area contributed by atoms with Gasteiger partial charge in [0.25, 0.3) is 0 Å². The van der Waals surface area contributed by atoms with Crippen LogP contribution in [0.15, 0.2) is 84.9 Å². The van der Waals surface area contributed by atoms with Gasteiger partial charge in [0, 0.05) is 29.7 Å². The minimum absolute atomic E-state index is 0.0723. The van der Waals surface area contributed by atoms with Crippen LogP contribution in [0.3, 0.4) is 0 Å². The minimum atomic E-state index is -0.0748. The van der Waals surface area contributed by atoms with Crippen LogP contribution in [0.5, 0.6) is 0 Å². The number of hydrogen-bond donors (Lipinski definition) is 1. The van der Waals surface area contributed by atoms with Crippen LogP contribution in [0.25, 0.3) is 11.1 Å². The zero-order valence-corrected chi connectivity index (χ0v) is 14.5. The summed E-state index contributed by atoms with van der Waals surface area (Å²) in [4.78, 5) is 24.4. The predicted molar refractivity (Wildman–Crippen MR) is 105 cm³/mol. The summed E-state index contributed by atoms with van der Waals surface area (Å²) in [5, 5.41) is 2.97. The zero-order chi connectivity index (χ0) is 18.2. The lowest BCUT2D eigenvalue weighted by Gasteiger charge is -2.11. The van der Waals surface area contributed by atoms with Gasteiger partial charge in [0.15, 0.2) is 5.78 Å². The topological polar surface area (TPSA) is 46.2 Å². The highest BCUT2D eigenvalue weighted by Crippen LogP contribution is 2.27. The molecule has 0 radical (unpaired) electrons. The van der Waals surface area contributed by atoms with Crippen molar-refractivity contribution in [3.8, 4) is 11.1 Å². The summed E-state index contributed by atoms with van der Waals surface area (Å²) in [5.74, 6) is -0.00247. The summed E-state index contributed by atoms with van der Waals surface area (Å²) in [7, 11) is 0. The second-order valence-electron chi connectivity index (χ2n) is 6.10. The van der Waals surface area contributed by atoms with E-state index in [0.717, 1.165) is 16.8 Å². The van der Waals surface area contributed by atoms with E-state index in [1.165, 1.54) is 0 Å². The molecule has 1 N–H and O–H groups in total. The van der Waals surface area contributed by atoms with Gasteiger partial charge in [0.1, 0.15) is 0 Å². The van der Waals surface area contributed by atoms with Crippen molar-refractivity contribution < 1.29 is 9.59 Å². The van der Waals surface area contributed by atoms with Gasteiger partial charge in [-0.2, -0.15) is 0 Å². The first-order valence-electron chi connectivity index (χ1n) is 8.76. The molecular weight excluding hydrogens is 322 g/mol. The van der Waals surface area contributed by atoms with Gasteiger partial charge in [-0.3, -0.25) is 9.59 Å². The average Bonchev–Trinajstić information content (AvgIpc) is 2.69. The van der Waals surface area contributed by atoms with Crippen molar-refractivity contribution >= 4 is 17.4 Å². The van der Waals surface area contributed by atoms with Crippen LogP contribution in [0, 0.1) is 0 Å². The largest absolute Gasteiger partial charge is 0.326 e. The van der Waals surface area contributed by atoms with Gasteiger partial charge in [-0.05, 0) is 18.1 Å². The lowest BCUT2D eigenvalue weighted by molar-refractivity contribution is -0.116.